The maximum absolute atomic E-state index is 13.0. The highest BCUT2D eigenvalue weighted by Gasteiger charge is 2.13. The molecule has 0 amide bonds. The minimum atomic E-state index is -1.17. The Morgan fingerprint density at radius 3 is 3.00 bits per heavy atom. The van der Waals surface area contributed by atoms with Crippen molar-refractivity contribution in [2.45, 2.75) is 6.04 Å². The molecule has 6 nitrogen and oxygen atoms in total. The number of carbonyl (C=O) groups is 1. The summed E-state index contributed by atoms with van der Waals surface area (Å²) in [5.41, 5.74) is 5.68. The summed E-state index contributed by atoms with van der Waals surface area (Å²) in [7, 11) is 0. The topological polar surface area (TPSA) is 98.3 Å². The number of nitrogens with two attached hydrogens (primary N) is 1. The minimum absolute atomic E-state index is 0.178. The number of carboxylic acids is 1. The molecule has 0 bridgehead atoms. The smallest absolute Gasteiger partial charge is 0.324 e. The average molecular weight is 251 g/mol. The first kappa shape index (κ1) is 12.2. The number of benzene rings is 1. The molecule has 1 aromatic heterocycles. The number of nitrogens with zero attached hydrogens (tertiary/aromatic N) is 2. The molecule has 0 radical (unpaired) electrons. The van der Waals surface area contributed by atoms with E-state index < -0.39 is 17.8 Å². The van der Waals surface area contributed by atoms with Gasteiger partial charge in [0.15, 0.2) is 0 Å². The van der Waals surface area contributed by atoms with Crippen LogP contribution in [0.4, 0.5) is 4.39 Å². The van der Waals surface area contributed by atoms with E-state index in [0.717, 1.165) is 0 Å². The van der Waals surface area contributed by atoms with E-state index in [0.29, 0.717) is 10.9 Å². The third-order valence-electron chi connectivity index (χ3n) is 2.28. The Kier molecular flexibility index (Phi) is 3.33. The monoisotopic (exact) mass is 251 g/mol. The molecule has 0 aliphatic rings. The number of rotatable bonds is 4. The van der Waals surface area contributed by atoms with E-state index in [9.17, 15) is 9.18 Å². The first-order chi connectivity index (χ1) is 8.58. The van der Waals surface area contributed by atoms with Crippen LogP contribution in [-0.2, 0) is 4.79 Å². The second-order valence-corrected chi connectivity index (χ2v) is 3.60. The van der Waals surface area contributed by atoms with Crippen LogP contribution in [0.15, 0.2) is 24.5 Å². The van der Waals surface area contributed by atoms with Crippen LogP contribution in [0.1, 0.15) is 0 Å². The Morgan fingerprint density at radius 1 is 1.50 bits per heavy atom. The molecule has 2 rings (SSSR count). The SMILES string of the molecule is NC(COc1ncnc2cc(F)ccc12)C(=O)O. The third kappa shape index (κ3) is 2.51. The molecule has 94 valence electrons. The number of hydrogen-bond acceptors (Lipinski definition) is 5. The summed E-state index contributed by atoms with van der Waals surface area (Å²) >= 11 is 0. The fourth-order valence-corrected chi connectivity index (χ4v) is 1.36. The molecular formula is C11H10FN3O3. The van der Waals surface area contributed by atoms with Crippen molar-refractivity contribution in [2.24, 2.45) is 5.73 Å². The van der Waals surface area contributed by atoms with Gasteiger partial charge in [0.1, 0.15) is 24.8 Å². The van der Waals surface area contributed by atoms with Crippen molar-refractivity contribution in [2.75, 3.05) is 6.61 Å². The molecule has 0 saturated heterocycles. The van der Waals surface area contributed by atoms with E-state index >= 15 is 0 Å². The standard InChI is InChI=1S/C11H10FN3O3/c12-6-1-2-7-9(3-6)14-5-15-10(7)18-4-8(13)11(16)17/h1-3,5,8H,4,13H2,(H,16,17). The molecular weight excluding hydrogens is 241 g/mol. The van der Waals surface area contributed by atoms with E-state index in [-0.39, 0.29) is 12.5 Å². The molecule has 0 aliphatic heterocycles. The van der Waals surface area contributed by atoms with E-state index in [1.165, 1.54) is 24.5 Å². The van der Waals surface area contributed by atoms with Crippen molar-refractivity contribution < 1.29 is 19.0 Å². The van der Waals surface area contributed by atoms with Crippen molar-refractivity contribution >= 4 is 16.9 Å². The summed E-state index contributed by atoms with van der Waals surface area (Å²) < 4.78 is 18.2. The summed E-state index contributed by atoms with van der Waals surface area (Å²) in [6, 6.07) is 2.80. The molecule has 0 saturated carbocycles. The fourth-order valence-electron chi connectivity index (χ4n) is 1.36. The number of halogens is 1. The minimum Gasteiger partial charge on any atom is -0.480 e. The maximum atomic E-state index is 13.0. The van der Waals surface area contributed by atoms with Gasteiger partial charge in [0.05, 0.1) is 10.9 Å². The normalized spacial score (nSPS) is 12.3. The number of aliphatic carboxylic acids is 1. The van der Waals surface area contributed by atoms with Gasteiger partial charge in [-0.3, -0.25) is 4.79 Å². The molecule has 1 aromatic carbocycles. The van der Waals surface area contributed by atoms with E-state index in [2.05, 4.69) is 9.97 Å². The Labute approximate surface area is 101 Å². The second kappa shape index (κ2) is 4.92. The van der Waals surface area contributed by atoms with Gasteiger partial charge in [0.2, 0.25) is 5.88 Å². The third-order valence-corrected chi connectivity index (χ3v) is 2.28. The number of aromatic nitrogens is 2. The molecule has 0 aliphatic carbocycles. The van der Waals surface area contributed by atoms with Crippen molar-refractivity contribution in [1.29, 1.82) is 0 Å². The molecule has 1 atom stereocenters. The van der Waals surface area contributed by atoms with Gasteiger partial charge < -0.3 is 15.6 Å². The van der Waals surface area contributed by atoms with E-state index in [1.54, 1.807) is 0 Å². The van der Waals surface area contributed by atoms with Crippen LogP contribution in [0.5, 0.6) is 5.88 Å². The lowest BCUT2D eigenvalue weighted by molar-refractivity contribution is -0.139. The lowest BCUT2D eigenvalue weighted by Crippen LogP contribution is -2.36. The number of fused-ring (bicyclic) bond motifs is 1. The molecule has 7 heteroatoms. The van der Waals surface area contributed by atoms with Crippen LogP contribution < -0.4 is 10.5 Å². The zero-order valence-corrected chi connectivity index (χ0v) is 9.21. The number of ether oxygens (including phenoxy) is 1. The van der Waals surface area contributed by atoms with E-state index in [4.69, 9.17) is 15.6 Å². The highest BCUT2D eigenvalue weighted by Crippen LogP contribution is 2.21. The van der Waals surface area contributed by atoms with Crippen LogP contribution in [-0.4, -0.2) is 33.7 Å². The maximum Gasteiger partial charge on any atom is 0.324 e. The zero-order chi connectivity index (χ0) is 13.1. The molecule has 0 spiro atoms. The van der Waals surface area contributed by atoms with Crippen LogP contribution in [0.2, 0.25) is 0 Å². The molecule has 1 heterocycles. The van der Waals surface area contributed by atoms with Gasteiger partial charge in [0, 0.05) is 6.07 Å². The molecule has 18 heavy (non-hydrogen) atoms. The van der Waals surface area contributed by atoms with Gasteiger partial charge >= 0.3 is 5.97 Å². The Morgan fingerprint density at radius 2 is 2.28 bits per heavy atom. The van der Waals surface area contributed by atoms with Gasteiger partial charge in [-0.1, -0.05) is 0 Å². The van der Waals surface area contributed by atoms with Gasteiger partial charge in [-0.25, -0.2) is 14.4 Å². The summed E-state index contributed by atoms with van der Waals surface area (Å²) in [4.78, 5) is 18.3. The van der Waals surface area contributed by atoms with Crippen molar-refractivity contribution in [1.82, 2.24) is 9.97 Å². The van der Waals surface area contributed by atoms with Crippen LogP contribution in [0.3, 0.4) is 0 Å². The van der Waals surface area contributed by atoms with Gasteiger partial charge in [-0.15, -0.1) is 0 Å². The summed E-state index contributed by atoms with van der Waals surface area (Å²) in [5, 5.41) is 9.12. The first-order valence-corrected chi connectivity index (χ1v) is 5.09. The Bertz CT molecular complexity index is 591. The molecule has 1 unspecified atom stereocenters. The lowest BCUT2D eigenvalue weighted by atomic mass is 10.2. The fraction of sp³-hybridized carbons (Fsp3) is 0.182. The Balaban J connectivity index is 2.26. The number of carboxylic acid groups (broad SMARTS) is 1. The zero-order valence-electron chi connectivity index (χ0n) is 9.21. The quantitative estimate of drug-likeness (QED) is 0.823. The van der Waals surface area contributed by atoms with Crippen molar-refractivity contribution in [3.05, 3.63) is 30.3 Å². The van der Waals surface area contributed by atoms with Crippen molar-refractivity contribution in [3.63, 3.8) is 0 Å². The molecule has 2 aromatic rings. The van der Waals surface area contributed by atoms with Gasteiger partial charge in [-0.2, -0.15) is 0 Å². The number of hydrogen-bond donors (Lipinski definition) is 2. The lowest BCUT2D eigenvalue weighted by Gasteiger charge is -2.09. The Hall–Kier alpha value is -2.28. The van der Waals surface area contributed by atoms with Crippen LogP contribution in [0, 0.1) is 5.82 Å². The largest absolute Gasteiger partial charge is 0.480 e. The van der Waals surface area contributed by atoms with Gasteiger partial charge in [0.25, 0.3) is 0 Å². The highest BCUT2D eigenvalue weighted by molar-refractivity contribution is 5.83. The second-order valence-electron chi connectivity index (χ2n) is 3.60. The van der Waals surface area contributed by atoms with Gasteiger partial charge in [-0.05, 0) is 12.1 Å². The summed E-state index contributed by atoms with van der Waals surface area (Å²) in [5.74, 6) is -1.41. The summed E-state index contributed by atoms with van der Waals surface area (Å²) in [6.07, 6.45) is 1.21. The average Bonchev–Trinajstić information content (AvgIpc) is 2.35. The van der Waals surface area contributed by atoms with Crippen LogP contribution >= 0.6 is 0 Å². The predicted molar refractivity (Wildman–Crippen MR) is 60.6 cm³/mol. The molecule has 3 N–H and O–H groups in total. The van der Waals surface area contributed by atoms with Crippen LogP contribution in [0.25, 0.3) is 10.9 Å². The summed E-state index contributed by atoms with van der Waals surface area (Å²) in [6.45, 7) is -0.223. The highest BCUT2D eigenvalue weighted by atomic mass is 19.1. The van der Waals surface area contributed by atoms with E-state index in [1.807, 2.05) is 0 Å². The first-order valence-electron chi connectivity index (χ1n) is 5.09. The van der Waals surface area contributed by atoms with Crippen molar-refractivity contribution in [3.8, 4) is 5.88 Å². The predicted octanol–water partition coefficient (Wildman–Crippen LogP) is 0.560. The molecule has 0 fully saturated rings.